The molecule has 0 aromatic carbocycles. The maximum absolute atomic E-state index is 10.5. The van der Waals surface area contributed by atoms with Crippen molar-refractivity contribution in [2.24, 2.45) is 0 Å². The predicted molar refractivity (Wildman–Crippen MR) is 54.6 cm³/mol. The van der Waals surface area contributed by atoms with Crippen LogP contribution in [0.2, 0.25) is 0 Å². The number of nitrogens with zero attached hydrogens (tertiary/aromatic N) is 2. The second-order valence-electron chi connectivity index (χ2n) is 3.34. The molecular weight excluding hydrogens is 228 g/mol. The molecule has 0 aliphatic heterocycles. The Kier molecular flexibility index (Phi) is 2.82. The van der Waals surface area contributed by atoms with Crippen LogP contribution in [0.3, 0.4) is 0 Å². The minimum absolute atomic E-state index is 0.0602. The van der Waals surface area contributed by atoms with Crippen LogP contribution in [-0.2, 0) is 11.2 Å². The Morgan fingerprint density at radius 3 is 2.88 bits per heavy atom. The van der Waals surface area contributed by atoms with E-state index in [2.05, 4.69) is 10.1 Å². The summed E-state index contributed by atoms with van der Waals surface area (Å²) in [5.41, 5.74) is 0.420. The molecule has 0 atom stereocenters. The van der Waals surface area contributed by atoms with Gasteiger partial charge < -0.3 is 18.8 Å². The standard InChI is InChI=1S/C10H10N2O5/c1-5-3-6(12-17-5)9-10(15-2)11-7(16-9)4-8(13)14/h3H,4H2,1-2H3,(H,13,14). The number of aliphatic carboxylic acids is 1. The van der Waals surface area contributed by atoms with Gasteiger partial charge in [0.2, 0.25) is 11.7 Å². The number of oxazole rings is 1. The van der Waals surface area contributed by atoms with Gasteiger partial charge in [-0.15, -0.1) is 0 Å². The second kappa shape index (κ2) is 4.28. The van der Waals surface area contributed by atoms with E-state index in [1.54, 1.807) is 13.0 Å². The van der Waals surface area contributed by atoms with Crippen molar-refractivity contribution < 1.29 is 23.6 Å². The van der Waals surface area contributed by atoms with Gasteiger partial charge in [0.25, 0.3) is 5.88 Å². The highest BCUT2D eigenvalue weighted by atomic mass is 16.5. The molecule has 2 aromatic rings. The van der Waals surface area contributed by atoms with Crippen LogP contribution in [0.4, 0.5) is 0 Å². The summed E-state index contributed by atoms with van der Waals surface area (Å²) in [5.74, 6) is 0.0928. The van der Waals surface area contributed by atoms with Crippen LogP contribution in [0.5, 0.6) is 5.88 Å². The third kappa shape index (κ3) is 2.27. The molecule has 2 aromatic heterocycles. The van der Waals surface area contributed by atoms with Crippen molar-refractivity contribution in [1.82, 2.24) is 10.1 Å². The van der Waals surface area contributed by atoms with Gasteiger partial charge in [0, 0.05) is 6.07 Å². The van der Waals surface area contributed by atoms with Crippen molar-refractivity contribution in [3.05, 3.63) is 17.7 Å². The fraction of sp³-hybridized carbons (Fsp3) is 0.300. The molecule has 0 aliphatic carbocycles. The largest absolute Gasteiger partial charge is 0.481 e. The number of carbonyl (C=O) groups is 1. The first-order valence-electron chi connectivity index (χ1n) is 4.79. The van der Waals surface area contributed by atoms with Crippen molar-refractivity contribution in [3.63, 3.8) is 0 Å². The summed E-state index contributed by atoms with van der Waals surface area (Å²) in [6.45, 7) is 1.73. The Hall–Kier alpha value is -2.31. The van der Waals surface area contributed by atoms with Gasteiger partial charge in [0.15, 0.2) is 5.69 Å². The van der Waals surface area contributed by atoms with E-state index in [9.17, 15) is 4.79 Å². The number of carboxylic acids is 1. The molecule has 0 aliphatic rings. The monoisotopic (exact) mass is 238 g/mol. The zero-order valence-corrected chi connectivity index (χ0v) is 9.26. The van der Waals surface area contributed by atoms with Crippen LogP contribution in [0.25, 0.3) is 11.5 Å². The molecule has 0 saturated carbocycles. The van der Waals surface area contributed by atoms with E-state index >= 15 is 0 Å². The molecule has 7 heteroatoms. The number of rotatable bonds is 4. The van der Waals surface area contributed by atoms with Crippen molar-refractivity contribution in [1.29, 1.82) is 0 Å². The van der Waals surface area contributed by atoms with Crippen molar-refractivity contribution in [2.45, 2.75) is 13.3 Å². The molecule has 90 valence electrons. The van der Waals surface area contributed by atoms with Crippen LogP contribution < -0.4 is 4.74 Å². The van der Waals surface area contributed by atoms with E-state index in [-0.39, 0.29) is 24.0 Å². The number of ether oxygens (including phenoxy) is 1. The third-order valence-electron chi connectivity index (χ3n) is 2.00. The molecular formula is C10H10N2O5. The van der Waals surface area contributed by atoms with E-state index in [1.807, 2.05) is 0 Å². The number of methoxy groups -OCH3 is 1. The smallest absolute Gasteiger partial charge is 0.312 e. The minimum atomic E-state index is -1.03. The second-order valence-corrected chi connectivity index (χ2v) is 3.34. The van der Waals surface area contributed by atoms with Gasteiger partial charge in [-0.25, -0.2) is 0 Å². The lowest BCUT2D eigenvalue weighted by atomic mass is 10.3. The molecule has 0 radical (unpaired) electrons. The number of hydrogen-bond donors (Lipinski definition) is 1. The Bertz CT molecular complexity index is 543. The maximum atomic E-state index is 10.5. The molecule has 0 unspecified atom stereocenters. The van der Waals surface area contributed by atoms with E-state index < -0.39 is 5.97 Å². The lowest BCUT2D eigenvalue weighted by molar-refractivity contribution is -0.136. The zero-order chi connectivity index (χ0) is 12.4. The molecule has 0 saturated heterocycles. The zero-order valence-electron chi connectivity index (χ0n) is 9.26. The molecule has 2 rings (SSSR count). The first-order valence-corrected chi connectivity index (χ1v) is 4.79. The molecule has 0 amide bonds. The number of carboxylic acid groups (broad SMARTS) is 1. The van der Waals surface area contributed by atoms with Gasteiger partial charge in [-0.2, -0.15) is 4.98 Å². The van der Waals surface area contributed by atoms with E-state index in [4.69, 9.17) is 18.8 Å². The quantitative estimate of drug-likeness (QED) is 0.856. The minimum Gasteiger partial charge on any atom is -0.481 e. The average Bonchev–Trinajstić information content (AvgIpc) is 2.83. The average molecular weight is 238 g/mol. The normalized spacial score (nSPS) is 10.5. The molecule has 0 spiro atoms. The summed E-state index contributed by atoms with van der Waals surface area (Å²) in [6, 6.07) is 1.65. The van der Waals surface area contributed by atoms with Crippen LogP contribution in [0, 0.1) is 6.92 Å². The lowest BCUT2D eigenvalue weighted by Crippen LogP contribution is -1.99. The fourth-order valence-electron chi connectivity index (χ4n) is 1.33. The van der Waals surface area contributed by atoms with Crippen molar-refractivity contribution >= 4 is 5.97 Å². The summed E-state index contributed by atoms with van der Waals surface area (Å²) in [5, 5.41) is 12.4. The van der Waals surface area contributed by atoms with Crippen LogP contribution >= 0.6 is 0 Å². The SMILES string of the molecule is COc1nc(CC(=O)O)oc1-c1cc(C)on1. The van der Waals surface area contributed by atoms with Gasteiger partial charge in [0.05, 0.1) is 7.11 Å². The number of aromatic nitrogens is 2. The lowest BCUT2D eigenvalue weighted by Gasteiger charge is -1.92. The van der Waals surface area contributed by atoms with Gasteiger partial charge in [-0.3, -0.25) is 4.79 Å². The summed E-state index contributed by atoms with van der Waals surface area (Å²) in [7, 11) is 1.42. The maximum Gasteiger partial charge on any atom is 0.312 e. The fourth-order valence-corrected chi connectivity index (χ4v) is 1.33. The van der Waals surface area contributed by atoms with Crippen LogP contribution in [0.15, 0.2) is 15.0 Å². The molecule has 1 N–H and O–H groups in total. The molecule has 2 heterocycles. The summed E-state index contributed by atoms with van der Waals surface area (Å²) in [4.78, 5) is 14.4. The highest BCUT2D eigenvalue weighted by Gasteiger charge is 2.20. The third-order valence-corrected chi connectivity index (χ3v) is 2.00. The molecule has 0 fully saturated rings. The molecule has 17 heavy (non-hydrogen) atoms. The first kappa shape index (κ1) is 11.2. The summed E-state index contributed by atoms with van der Waals surface area (Å²) < 4.78 is 15.2. The Balaban J connectivity index is 2.39. The van der Waals surface area contributed by atoms with E-state index in [0.717, 1.165) is 0 Å². The van der Waals surface area contributed by atoms with Crippen molar-refractivity contribution in [2.75, 3.05) is 7.11 Å². The van der Waals surface area contributed by atoms with Gasteiger partial charge in [-0.1, -0.05) is 5.16 Å². The topological polar surface area (TPSA) is 98.6 Å². The van der Waals surface area contributed by atoms with Gasteiger partial charge in [0.1, 0.15) is 12.2 Å². The van der Waals surface area contributed by atoms with Gasteiger partial charge in [-0.05, 0) is 6.92 Å². The van der Waals surface area contributed by atoms with Crippen LogP contribution in [0.1, 0.15) is 11.7 Å². The van der Waals surface area contributed by atoms with Gasteiger partial charge >= 0.3 is 5.97 Å². The van der Waals surface area contributed by atoms with Crippen LogP contribution in [-0.4, -0.2) is 28.3 Å². The highest BCUT2D eigenvalue weighted by Crippen LogP contribution is 2.30. The summed E-state index contributed by atoms with van der Waals surface area (Å²) in [6.07, 6.45) is -0.312. The Morgan fingerprint density at radius 1 is 1.59 bits per heavy atom. The molecule has 0 bridgehead atoms. The predicted octanol–water partition coefficient (Wildman–Crippen LogP) is 1.27. The summed E-state index contributed by atoms with van der Waals surface area (Å²) >= 11 is 0. The highest BCUT2D eigenvalue weighted by molar-refractivity contribution is 5.69. The van der Waals surface area contributed by atoms with Crippen molar-refractivity contribution in [3.8, 4) is 17.3 Å². The Labute approximate surface area is 96.0 Å². The Morgan fingerprint density at radius 2 is 2.35 bits per heavy atom. The number of aryl methyl sites for hydroxylation is 1. The van der Waals surface area contributed by atoms with E-state index in [0.29, 0.717) is 11.5 Å². The molecule has 7 nitrogen and oxygen atoms in total. The van der Waals surface area contributed by atoms with E-state index in [1.165, 1.54) is 7.11 Å². The first-order chi connectivity index (χ1) is 8.10. The number of hydrogen-bond acceptors (Lipinski definition) is 6.